The first kappa shape index (κ1) is 17.5. The highest BCUT2D eigenvalue weighted by Gasteiger charge is 2.43. The maximum Gasteiger partial charge on any atom is 0.0992 e. The Kier molecular flexibility index (Phi) is 5.71. The predicted octanol–water partition coefficient (Wildman–Crippen LogP) is 3.17. The Morgan fingerprint density at radius 1 is 1.08 bits per heavy atom. The fourth-order valence-corrected chi connectivity index (χ4v) is 4.55. The van der Waals surface area contributed by atoms with Crippen molar-refractivity contribution in [1.29, 1.82) is 0 Å². The zero-order valence-electron chi connectivity index (χ0n) is 15.4. The fourth-order valence-electron chi connectivity index (χ4n) is 4.55. The molecule has 3 fully saturated rings. The molecule has 2 saturated heterocycles. The summed E-state index contributed by atoms with van der Waals surface area (Å²) < 4.78 is 17.9. The number of hydrogen-bond acceptors (Lipinski definition) is 4. The molecule has 3 atom stereocenters. The Hall–Kier alpha value is -0.940. The van der Waals surface area contributed by atoms with E-state index in [-0.39, 0.29) is 12.2 Å². The van der Waals surface area contributed by atoms with Gasteiger partial charge >= 0.3 is 0 Å². The number of ether oxygens (including phenoxy) is 3. The molecule has 0 aromatic heterocycles. The molecule has 0 bridgehead atoms. The van der Waals surface area contributed by atoms with Gasteiger partial charge in [-0.2, -0.15) is 0 Å². The van der Waals surface area contributed by atoms with Gasteiger partial charge in [-0.25, -0.2) is 0 Å². The molecule has 1 aliphatic carbocycles. The van der Waals surface area contributed by atoms with Crippen molar-refractivity contribution in [3.8, 4) is 0 Å². The minimum Gasteiger partial charge on any atom is -0.381 e. The highest BCUT2D eigenvalue weighted by Crippen LogP contribution is 2.34. The predicted molar refractivity (Wildman–Crippen MR) is 97.6 cm³/mol. The van der Waals surface area contributed by atoms with Crippen molar-refractivity contribution >= 4 is 0 Å². The van der Waals surface area contributed by atoms with Crippen LogP contribution in [0, 0.1) is 12.8 Å². The van der Waals surface area contributed by atoms with Gasteiger partial charge in [-0.1, -0.05) is 24.3 Å². The summed E-state index contributed by atoms with van der Waals surface area (Å²) in [5.41, 5.74) is 2.82. The quantitative estimate of drug-likeness (QED) is 0.820. The van der Waals surface area contributed by atoms with Crippen LogP contribution in [0.4, 0.5) is 0 Å². The number of fused-ring (bicyclic) bond motifs is 1. The third-order valence-corrected chi connectivity index (χ3v) is 6.17. The topological polar surface area (TPSA) is 30.9 Å². The van der Waals surface area contributed by atoms with E-state index in [1.165, 1.54) is 17.5 Å². The fraction of sp³-hybridized carbons (Fsp3) is 0.714. The number of benzene rings is 1. The van der Waals surface area contributed by atoms with E-state index in [1.807, 2.05) is 0 Å². The Labute approximate surface area is 151 Å². The van der Waals surface area contributed by atoms with Gasteiger partial charge in [0.1, 0.15) is 0 Å². The van der Waals surface area contributed by atoms with Crippen LogP contribution in [0.15, 0.2) is 24.3 Å². The first-order chi connectivity index (χ1) is 12.3. The first-order valence-corrected chi connectivity index (χ1v) is 9.91. The maximum absolute atomic E-state index is 6.33. The average molecular weight is 345 g/mol. The molecule has 4 heteroatoms. The number of aryl methyl sites for hydroxylation is 1. The Bertz CT molecular complexity index is 558. The lowest BCUT2D eigenvalue weighted by molar-refractivity contribution is -0.122. The average Bonchev–Trinajstić information content (AvgIpc) is 3.07. The molecule has 0 unspecified atom stereocenters. The van der Waals surface area contributed by atoms with E-state index in [0.717, 1.165) is 58.8 Å². The van der Waals surface area contributed by atoms with Gasteiger partial charge in [-0.15, -0.1) is 0 Å². The van der Waals surface area contributed by atoms with E-state index in [9.17, 15) is 0 Å². The molecule has 0 N–H and O–H groups in total. The van der Waals surface area contributed by atoms with Crippen molar-refractivity contribution in [3.63, 3.8) is 0 Å². The van der Waals surface area contributed by atoms with E-state index in [2.05, 4.69) is 36.1 Å². The van der Waals surface area contributed by atoms with Gasteiger partial charge in [-0.05, 0) is 49.7 Å². The van der Waals surface area contributed by atoms with Crippen LogP contribution in [0.25, 0.3) is 0 Å². The normalized spacial score (nSPS) is 31.2. The lowest BCUT2D eigenvalue weighted by Crippen LogP contribution is -2.51. The van der Waals surface area contributed by atoms with Crippen LogP contribution >= 0.6 is 0 Å². The van der Waals surface area contributed by atoms with E-state index in [1.54, 1.807) is 0 Å². The smallest absolute Gasteiger partial charge is 0.0992 e. The van der Waals surface area contributed by atoms with Crippen LogP contribution in [-0.4, -0.2) is 56.1 Å². The summed E-state index contributed by atoms with van der Waals surface area (Å²) in [7, 11) is 0. The second-order valence-corrected chi connectivity index (χ2v) is 7.80. The van der Waals surface area contributed by atoms with Crippen LogP contribution in [0.1, 0.15) is 36.8 Å². The minimum atomic E-state index is 0.248. The molecule has 3 aliphatic rings. The van der Waals surface area contributed by atoms with Crippen molar-refractivity contribution in [2.24, 2.45) is 5.92 Å². The van der Waals surface area contributed by atoms with Crippen molar-refractivity contribution in [1.82, 2.24) is 4.90 Å². The number of rotatable bonds is 5. The van der Waals surface area contributed by atoms with Gasteiger partial charge < -0.3 is 14.2 Å². The molecule has 4 nitrogen and oxygen atoms in total. The van der Waals surface area contributed by atoms with Gasteiger partial charge in [0, 0.05) is 32.3 Å². The van der Waals surface area contributed by atoms with E-state index >= 15 is 0 Å². The molecule has 1 saturated carbocycles. The van der Waals surface area contributed by atoms with Crippen molar-refractivity contribution < 1.29 is 14.2 Å². The molecule has 0 spiro atoms. The van der Waals surface area contributed by atoms with Gasteiger partial charge in [-0.3, -0.25) is 4.90 Å². The van der Waals surface area contributed by atoms with Crippen molar-refractivity contribution in [2.75, 3.05) is 33.0 Å². The molecule has 2 aliphatic heterocycles. The molecular weight excluding hydrogens is 314 g/mol. The number of hydrogen-bond donors (Lipinski definition) is 0. The van der Waals surface area contributed by atoms with E-state index < -0.39 is 0 Å². The standard InChI is InChI=1S/C21H31NO3/c1-16-4-2-3-5-18(16)14-22-10-13-24-21-19(22)6-7-20(21)25-15-17-8-11-23-12-9-17/h2-5,17,19-21H,6-15H2,1H3/t19-,20+,21+/m0/s1. The molecule has 0 amide bonds. The van der Waals surface area contributed by atoms with Gasteiger partial charge in [0.15, 0.2) is 0 Å². The van der Waals surface area contributed by atoms with Gasteiger partial charge in [0.2, 0.25) is 0 Å². The number of morpholine rings is 1. The van der Waals surface area contributed by atoms with E-state index in [0.29, 0.717) is 12.0 Å². The zero-order valence-corrected chi connectivity index (χ0v) is 15.4. The highest BCUT2D eigenvalue weighted by molar-refractivity contribution is 5.25. The summed E-state index contributed by atoms with van der Waals surface area (Å²) in [6, 6.07) is 9.24. The SMILES string of the molecule is Cc1ccccc1CN1CCO[C@H]2[C@H](OCC3CCOCC3)CC[C@@H]21. The Balaban J connectivity index is 1.34. The third-order valence-electron chi connectivity index (χ3n) is 6.17. The van der Waals surface area contributed by atoms with Crippen LogP contribution < -0.4 is 0 Å². The lowest BCUT2D eigenvalue weighted by atomic mass is 10.0. The highest BCUT2D eigenvalue weighted by atomic mass is 16.5. The monoisotopic (exact) mass is 345 g/mol. The zero-order chi connectivity index (χ0) is 17.1. The van der Waals surface area contributed by atoms with Crippen LogP contribution in [0.5, 0.6) is 0 Å². The number of nitrogens with zero attached hydrogens (tertiary/aromatic N) is 1. The van der Waals surface area contributed by atoms with Crippen molar-refractivity contribution in [3.05, 3.63) is 35.4 Å². The molecule has 1 aromatic rings. The minimum absolute atomic E-state index is 0.248. The molecule has 138 valence electrons. The summed E-state index contributed by atoms with van der Waals surface area (Å²) >= 11 is 0. The largest absolute Gasteiger partial charge is 0.381 e. The summed E-state index contributed by atoms with van der Waals surface area (Å²) in [6.07, 6.45) is 5.12. The molecule has 4 rings (SSSR count). The molecule has 2 heterocycles. The third kappa shape index (κ3) is 4.08. The second kappa shape index (κ2) is 8.17. The Morgan fingerprint density at radius 3 is 2.76 bits per heavy atom. The lowest BCUT2D eigenvalue weighted by Gasteiger charge is -2.39. The van der Waals surface area contributed by atoms with Crippen LogP contribution in [0.3, 0.4) is 0 Å². The van der Waals surface area contributed by atoms with Gasteiger partial charge in [0.25, 0.3) is 0 Å². The van der Waals surface area contributed by atoms with Crippen molar-refractivity contribution in [2.45, 2.75) is 57.4 Å². The van der Waals surface area contributed by atoms with Crippen LogP contribution in [-0.2, 0) is 20.8 Å². The summed E-state index contributed by atoms with van der Waals surface area (Å²) in [4.78, 5) is 2.62. The summed E-state index contributed by atoms with van der Waals surface area (Å²) in [5, 5.41) is 0. The summed E-state index contributed by atoms with van der Waals surface area (Å²) in [6.45, 7) is 7.76. The maximum atomic E-state index is 6.33. The Morgan fingerprint density at radius 2 is 1.92 bits per heavy atom. The molecule has 0 radical (unpaired) electrons. The molecule has 25 heavy (non-hydrogen) atoms. The first-order valence-electron chi connectivity index (χ1n) is 9.91. The molecule has 1 aromatic carbocycles. The van der Waals surface area contributed by atoms with E-state index in [4.69, 9.17) is 14.2 Å². The molecular formula is C21H31NO3. The second-order valence-electron chi connectivity index (χ2n) is 7.80. The van der Waals surface area contributed by atoms with Gasteiger partial charge in [0.05, 0.1) is 25.4 Å². The summed E-state index contributed by atoms with van der Waals surface area (Å²) in [5.74, 6) is 0.666. The van der Waals surface area contributed by atoms with Crippen LogP contribution in [0.2, 0.25) is 0 Å².